The normalized spacial score (nSPS) is 22.3. The smallest absolute Gasteiger partial charge is 0.224 e. The fraction of sp³-hybridized carbons (Fsp3) is 0.519. The Bertz CT molecular complexity index is 896. The van der Waals surface area contributed by atoms with Gasteiger partial charge in [0.15, 0.2) is 0 Å². The van der Waals surface area contributed by atoms with Crippen LogP contribution in [0.3, 0.4) is 0 Å². The maximum Gasteiger partial charge on any atom is 0.224 e. The monoisotopic (exact) mass is 452 g/mol. The summed E-state index contributed by atoms with van der Waals surface area (Å²) in [5.41, 5.74) is 2.64. The molecule has 172 valence electrons. The van der Waals surface area contributed by atoms with E-state index in [9.17, 15) is 4.79 Å². The summed E-state index contributed by atoms with van der Waals surface area (Å²) >= 11 is 1.87. The Morgan fingerprint density at radius 3 is 2.56 bits per heavy atom. The van der Waals surface area contributed by atoms with E-state index in [1.807, 2.05) is 17.8 Å². The molecular formula is C27H36N2O2S. The number of likely N-dealkylation sites (tertiary alicyclic amines) is 1. The molecule has 0 aliphatic carbocycles. The number of fused-ring (bicyclic) bond motifs is 1. The summed E-state index contributed by atoms with van der Waals surface area (Å²) in [6, 6.07) is 17.3. The van der Waals surface area contributed by atoms with E-state index in [4.69, 9.17) is 4.74 Å². The van der Waals surface area contributed by atoms with Crippen LogP contribution in [-0.4, -0.2) is 53.7 Å². The zero-order valence-electron chi connectivity index (χ0n) is 19.6. The lowest BCUT2D eigenvalue weighted by atomic mass is 9.90. The van der Waals surface area contributed by atoms with Crippen molar-refractivity contribution >= 4 is 17.7 Å². The second-order valence-corrected chi connectivity index (χ2v) is 10.7. The topological polar surface area (TPSA) is 32.8 Å². The standard InChI is InChI=1S/C27H36N2O2S/c1-20-21(2)32-26-10-9-25(31-3)18-24(26)19-29(20)27(30)13-16-28-14-11-23(12-15-28)17-22-7-5-4-6-8-22/h4-10,18,20-21,23H,11-17,19H2,1-3H3/t20-,21-/m0/s1. The third-order valence-corrected chi connectivity index (χ3v) is 8.55. The highest BCUT2D eigenvalue weighted by Crippen LogP contribution is 2.37. The van der Waals surface area contributed by atoms with Crippen LogP contribution in [0.2, 0.25) is 0 Å². The van der Waals surface area contributed by atoms with Gasteiger partial charge in [-0.3, -0.25) is 4.79 Å². The molecule has 0 saturated carbocycles. The van der Waals surface area contributed by atoms with Crippen LogP contribution in [0.1, 0.15) is 44.2 Å². The maximum absolute atomic E-state index is 13.3. The van der Waals surface area contributed by atoms with Gasteiger partial charge in [0.1, 0.15) is 5.75 Å². The largest absolute Gasteiger partial charge is 0.497 e. The summed E-state index contributed by atoms with van der Waals surface area (Å²) < 4.78 is 5.42. The lowest BCUT2D eigenvalue weighted by molar-refractivity contribution is -0.134. The highest BCUT2D eigenvalue weighted by atomic mass is 32.2. The van der Waals surface area contributed by atoms with Crippen LogP contribution in [0.25, 0.3) is 0 Å². The minimum atomic E-state index is 0.211. The molecule has 4 rings (SSSR count). The van der Waals surface area contributed by atoms with E-state index in [2.05, 4.69) is 66.1 Å². The summed E-state index contributed by atoms with van der Waals surface area (Å²) in [6.07, 6.45) is 4.23. The number of carbonyl (C=O) groups excluding carboxylic acids is 1. The van der Waals surface area contributed by atoms with E-state index in [0.717, 1.165) is 31.3 Å². The molecule has 0 unspecified atom stereocenters. The Hall–Kier alpha value is -1.98. The Morgan fingerprint density at radius 1 is 1.09 bits per heavy atom. The molecule has 0 N–H and O–H groups in total. The van der Waals surface area contributed by atoms with Gasteiger partial charge in [0.05, 0.1) is 7.11 Å². The van der Waals surface area contributed by atoms with Crippen LogP contribution >= 0.6 is 11.8 Å². The van der Waals surface area contributed by atoms with Crippen molar-refractivity contribution in [2.45, 2.75) is 62.3 Å². The molecule has 32 heavy (non-hydrogen) atoms. The quantitative estimate of drug-likeness (QED) is 0.599. The molecule has 1 saturated heterocycles. The molecule has 0 aromatic heterocycles. The summed E-state index contributed by atoms with van der Waals surface area (Å²) in [7, 11) is 1.70. The van der Waals surface area contributed by atoms with Crippen molar-refractivity contribution < 1.29 is 9.53 Å². The molecule has 0 bridgehead atoms. The Balaban J connectivity index is 1.30. The molecule has 2 aromatic carbocycles. The number of hydrogen-bond donors (Lipinski definition) is 0. The van der Waals surface area contributed by atoms with Gasteiger partial charge >= 0.3 is 0 Å². The van der Waals surface area contributed by atoms with Gasteiger partial charge in [-0.2, -0.15) is 0 Å². The lowest BCUT2D eigenvalue weighted by Gasteiger charge is -2.34. The number of nitrogens with zero attached hydrogens (tertiary/aromatic N) is 2. The predicted octanol–water partition coefficient (Wildman–Crippen LogP) is 5.25. The molecule has 2 aliphatic rings. The van der Waals surface area contributed by atoms with Gasteiger partial charge in [-0.05, 0) is 74.5 Å². The van der Waals surface area contributed by atoms with Gasteiger partial charge in [0.25, 0.3) is 0 Å². The highest BCUT2D eigenvalue weighted by Gasteiger charge is 2.30. The van der Waals surface area contributed by atoms with E-state index in [1.165, 1.54) is 35.3 Å². The lowest BCUT2D eigenvalue weighted by Crippen LogP contribution is -2.43. The van der Waals surface area contributed by atoms with E-state index in [1.54, 1.807) is 7.11 Å². The molecule has 2 aliphatic heterocycles. The first kappa shape index (κ1) is 23.2. The van der Waals surface area contributed by atoms with Crippen molar-refractivity contribution in [3.8, 4) is 5.75 Å². The van der Waals surface area contributed by atoms with E-state index in [0.29, 0.717) is 18.2 Å². The van der Waals surface area contributed by atoms with E-state index in [-0.39, 0.29) is 11.9 Å². The molecule has 4 nitrogen and oxygen atoms in total. The molecule has 1 fully saturated rings. The Labute approximate surface area is 197 Å². The first-order chi connectivity index (χ1) is 15.5. The van der Waals surface area contributed by atoms with Crippen molar-refractivity contribution in [1.29, 1.82) is 0 Å². The molecule has 2 aromatic rings. The van der Waals surface area contributed by atoms with Gasteiger partial charge in [0.2, 0.25) is 5.91 Å². The van der Waals surface area contributed by atoms with E-state index >= 15 is 0 Å². The van der Waals surface area contributed by atoms with Crippen LogP contribution in [0.5, 0.6) is 5.75 Å². The number of hydrogen-bond acceptors (Lipinski definition) is 4. The highest BCUT2D eigenvalue weighted by molar-refractivity contribution is 8.00. The molecule has 0 radical (unpaired) electrons. The van der Waals surface area contributed by atoms with Gasteiger partial charge in [-0.15, -0.1) is 11.8 Å². The first-order valence-electron chi connectivity index (χ1n) is 11.9. The number of amides is 1. The van der Waals surface area contributed by atoms with Crippen molar-refractivity contribution in [3.63, 3.8) is 0 Å². The number of thioether (sulfide) groups is 1. The minimum absolute atomic E-state index is 0.211. The zero-order valence-corrected chi connectivity index (χ0v) is 20.4. The van der Waals surface area contributed by atoms with Crippen LogP contribution < -0.4 is 4.74 Å². The van der Waals surface area contributed by atoms with Crippen molar-refractivity contribution in [3.05, 3.63) is 59.7 Å². The second-order valence-electron chi connectivity index (χ2n) is 9.28. The number of methoxy groups -OCH3 is 1. The summed E-state index contributed by atoms with van der Waals surface area (Å²) in [5, 5.41) is 0.363. The number of rotatable bonds is 6. The number of benzene rings is 2. The summed E-state index contributed by atoms with van der Waals surface area (Å²) in [4.78, 5) is 19.1. The average molecular weight is 453 g/mol. The fourth-order valence-corrected chi connectivity index (χ4v) is 6.04. The third kappa shape index (κ3) is 5.68. The van der Waals surface area contributed by atoms with Gasteiger partial charge in [-0.25, -0.2) is 0 Å². The molecule has 1 amide bonds. The van der Waals surface area contributed by atoms with E-state index < -0.39 is 0 Å². The van der Waals surface area contributed by atoms with Crippen molar-refractivity contribution in [2.24, 2.45) is 5.92 Å². The molecule has 2 atom stereocenters. The molecule has 2 heterocycles. The van der Waals surface area contributed by atoms with Crippen LogP contribution in [0.15, 0.2) is 53.4 Å². The maximum atomic E-state index is 13.3. The minimum Gasteiger partial charge on any atom is -0.497 e. The van der Waals surface area contributed by atoms with Gasteiger partial charge in [-0.1, -0.05) is 37.3 Å². The number of piperidine rings is 1. The Kier molecular flexibility index (Phi) is 7.80. The second kappa shape index (κ2) is 10.8. The molecule has 0 spiro atoms. The van der Waals surface area contributed by atoms with Crippen LogP contribution in [-0.2, 0) is 17.8 Å². The van der Waals surface area contributed by atoms with Crippen LogP contribution in [0, 0.1) is 5.92 Å². The van der Waals surface area contributed by atoms with Gasteiger partial charge < -0.3 is 14.5 Å². The summed E-state index contributed by atoms with van der Waals surface area (Å²) in [6.45, 7) is 8.16. The number of carbonyl (C=O) groups is 1. The zero-order chi connectivity index (χ0) is 22.5. The Morgan fingerprint density at radius 2 is 1.84 bits per heavy atom. The molecular weight excluding hydrogens is 416 g/mol. The fourth-order valence-electron chi connectivity index (χ4n) is 4.88. The molecule has 5 heteroatoms. The first-order valence-corrected chi connectivity index (χ1v) is 12.8. The van der Waals surface area contributed by atoms with Crippen molar-refractivity contribution in [1.82, 2.24) is 9.80 Å². The SMILES string of the molecule is COc1ccc2c(c1)CN(C(=O)CCN1CCC(Cc3ccccc3)CC1)[C@@H](C)[C@H](C)S2. The third-order valence-electron chi connectivity index (χ3n) is 7.13. The predicted molar refractivity (Wildman–Crippen MR) is 132 cm³/mol. The van der Waals surface area contributed by atoms with Crippen LogP contribution in [0.4, 0.5) is 0 Å². The summed E-state index contributed by atoms with van der Waals surface area (Å²) in [5.74, 6) is 1.89. The van der Waals surface area contributed by atoms with Crippen molar-refractivity contribution in [2.75, 3.05) is 26.7 Å². The number of ether oxygens (including phenoxy) is 1. The van der Waals surface area contributed by atoms with Gasteiger partial charge in [0, 0.05) is 35.7 Å². The average Bonchev–Trinajstić information content (AvgIpc) is 2.94.